The second-order valence-corrected chi connectivity index (χ2v) is 5.00. The van der Waals surface area contributed by atoms with E-state index in [1.165, 1.54) is 18.9 Å². The molecule has 0 heterocycles. The van der Waals surface area contributed by atoms with Crippen LogP contribution >= 0.6 is 15.9 Å². The summed E-state index contributed by atoms with van der Waals surface area (Å²) in [6.45, 7) is 0.799. The van der Waals surface area contributed by atoms with Crippen LogP contribution in [0.2, 0.25) is 0 Å². The van der Waals surface area contributed by atoms with Gasteiger partial charge in [-0.2, -0.15) is 5.26 Å². The van der Waals surface area contributed by atoms with Crippen LogP contribution in [0.5, 0.6) is 0 Å². The van der Waals surface area contributed by atoms with Crippen molar-refractivity contribution in [2.45, 2.75) is 18.9 Å². The zero-order valence-corrected chi connectivity index (χ0v) is 10.3. The van der Waals surface area contributed by atoms with Gasteiger partial charge in [0.15, 0.2) is 0 Å². The van der Waals surface area contributed by atoms with Gasteiger partial charge in [-0.05, 0) is 37.4 Å². The average Bonchev–Trinajstić information content (AvgIpc) is 3.05. The summed E-state index contributed by atoms with van der Waals surface area (Å²) in [7, 11) is 0. The van der Waals surface area contributed by atoms with Gasteiger partial charge in [-0.1, -0.05) is 22.0 Å². The highest BCUT2D eigenvalue weighted by atomic mass is 79.9. The quantitative estimate of drug-likeness (QED) is 0.921. The highest BCUT2D eigenvalue weighted by molar-refractivity contribution is 9.10. The van der Waals surface area contributed by atoms with E-state index in [0.717, 1.165) is 6.54 Å². The average molecular weight is 283 g/mol. The van der Waals surface area contributed by atoms with E-state index in [4.69, 9.17) is 5.26 Å². The molecule has 0 aromatic heterocycles. The molecule has 1 aromatic rings. The lowest BCUT2D eigenvalue weighted by atomic mass is 10.1. The molecular formula is C12H12BrFN2. The maximum atomic E-state index is 13.6. The van der Waals surface area contributed by atoms with E-state index in [-0.39, 0.29) is 5.82 Å². The fourth-order valence-electron chi connectivity index (χ4n) is 1.57. The molecule has 1 N–H and O–H groups in total. The fourth-order valence-corrected chi connectivity index (χ4v) is 1.90. The van der Waals surface area contributed by atoms with Gasteiger partial charge in [0.1, 0.15) is 11.9 Å². The van der Waals surface area contributed by atoms with Crippen LogP contribution in [0.15, 0.2) is 22.7 Å². The number of nitrogens with zero attached hydrogens (tertiary/aromatic N) is 1. The Kier molecular flexibility index (Phi) is 3.57. The smallest absolute Gasteiger partial charge is 0.130 e. The van der Waals surface area contributed by atoms with Gasteiger partial charge in [0, 0.05) is 10.0 Å². The zero-order chi connectivity index (χ0) is 11.5. The molecule has 0 saturated heterocycles. The first kappa shape index (κ1) is 11.6. The van der Waals surface area contributed by atoms with Crippen molar-refractivity contribution in [3.63, 3.8) is 0 Å². The topological polar surface area (TPSA) is 35.8 Å². The number of halogens is 2. The van der Waals surface area contributed by atoms with E-state index < -0.39 is 6.04 Å². The summed E-state index contributed by atoms with van der Waals surface area (Å²) in [5, 5.41) is 12.1. The van der Waals surface area contributed by atoms with Crippen LogP contribution in [0.3, 0.4) is 0 Å². The first-order chi connectivity index (χ1) is 7.70. The van der Waals surface area contributed by atoms with Gasteiger partial charge in [0.25, 0.3) is 0 Å². The molecule has 16 heavy (non-hydrogen) atoms. The fraction of sp³-hybridized carbons (Fsp3) is 0.417. The van der Waals surface area contributed by atoms with Crippen molar-refractivity contribution < 1.29 is 4.39 Å². The van der Waals surface area contributed by atoms with Crippen molar-refractivity contribution in [2.75, 3.05) is 6.54 Å². The molecular weight excluding hydrogens is 271 g/mol. The van der Waals surface area contributed by atoms with Crippen molar-refractivity contribution in [3.05, 3.63) is 34.1 Å². The Morgan fingerprint density at radius 3 is 2.88 bits per heavy atom. The van der Waals surface area contributed by atoms with Gasteiger partial charge in [-0.3, -0.25) is 5.32 Å². The molecule has 1 aromatic carbocycles. The first-order valence-electron chi connectivity index (χ1n) is 5.28. The zero-order valence-electron chi connectivity index (χ0n) is 8.71. The van der Waals surface area contributed by atoms with Crippen LogP contribution in [0, 0.1) is 23.1 Å². The van der Waals surface area contributed by atoms with Gasteiger partial charge in [-0.25, -0.2) is 4.39 Å². The molecule has 1 atom stereocenters. The molecule has 1 unspecified atom stereocenters. The predicted octanol–water partition coefficient (Wildman–Crippen LogP) is 3.15. The van der Waals surface area contributed by atoms with Crippen molar-refractivity contribution in [1.82, 2.24) is 5.32 Å². The molecule has 2 nitrogen and oxygen atoms in total. The third-order valence-electron chi connectivity index (χ3n) is 2.71. The SMILES string of the molecule is N#CC(NCC1CC1)c1ccc(Br)cc1F. The maximum absolute atomic E-state index is 13.6. The molecule has 4 heteroatoms. The monoisotopic (exact) mass is 282 g/mol. The molecule has 84 valence electrons. The Morgan fingerprint density at radius 2 is 2.31 bits per heavy atom. The number of rotatable bonds is 4. The van der Waals surface area contributed by atoms with Gasteiger partial charge in [0.05, 0.1) is 6.07 Å². The van der Waals surface area contributed by atoms with Crippen LogP contribution in [0.25, 0.3) is 0 Å². The molecule has 2 rings (SSSR count). The van der Waals surface area contributed by atoms with E-state index in [0.29, 0.717) is 16.0 Å². The second-order valence-electron chi connectivity index (χ2n) is 4.08. The van der Waals surface area contributed by atoms with Crippen LogP contribution in [0.4, 0.5) is 4.39 Å². The molecule has 0 amide bonds. The molecule has 0 aliphatic heterocycles. The minimum Gasteiger partial charge on any atom is -0.298 e. The van der Waals surface area contributed by atoms with Crippen molar-refractivity contribution in [2.24, 2.45) is 5.92 Å². The number of nitriles is 1. The third-order valence-corrected chi connectivity index (χ3v) is 3.20. The molecule has 0 bridgehead atoms. The Bertz CT molecular complexity index is 424. The molecule has 1 aliphatic rings. The number of hydrogen-bond acceptors (Lipinski definition) is 2. The molecule has 1 aliphatic carbocycles. The number of hydrogen-bond donors (Lipinski definition) is 1. The summed E-state index contributed by atoms with van der Waals surface area (Å²) in [5.74, 6) is 0.332. The standard InChI is InChI=1S/C12H12BrFN2/c13-9-3-4-10(11(14)5-9)12(6-15)16-7-8-1-2-8/h3-5,8,12,16H,1-2,7H2. The Labute approximate surface area is 103 Å². The summed E-state index contributed by atoms with van der Waals surface area (Å²) >= 11 is 3.20. The van der Waals surface area contributed by atoms with Crippen LogP contribution in [-0.4, -0.2) is 6.54 Å². The first-order valence-corrected chi connectivity index (χ1v) is 6.08. The molecule has 0 radical (unpaired) electrons. The minimum absolute atomic E-state index is 0.343. The van der Waals surface area contributed by atoms with Crippen LogP contribution in [0.1, 0.15) is 24.4 Å². The molecule has 1 fully saturated rings. The Hall–Kier alpha value is -0.920. The minimum atomic E-state index is -0.548. The number of benzene rings is 1. The summed E-state index contributed by atoms with van der Waals surface area (Å²) < 4.78 is 14.3. The van der Waals surface area contributed by atoms with E-state index >= 15 is 0 Å². The molecule has 1 saturated carbocycles. The largest absolute Gasteiger partial charge is 0.298 e. The summed E-state index contributed by atoms with van der Waals surface area (Å²) in [6, 6.07) is 6.33. The maximum Gasteiger partial charge on any atom is 0.130 e. The van der Waals surface area contributed by atoms with Crippen molar-refractivity contribution in [1.29, 1.82) is 5.26 Å². The summed E-state index contributed by atoms with van der Waals surface area (Å²) in [4.78, 5) is 0. The lowest BCUT2D eigenvalue weighted by Gasteiger charge is -2.12. The van der Waals surface area contributed by atoms with Crippen molar-refractivity contribution in [3.8, 4) is 6.07 Å². The van der Waals surface area contributed by atoms with Crippen molar-refractivity contribution >= 4 is 15.9 Å². The van der Waals surface area contributed by atoms with E-state index in [2.05, 4.69) is 27.3 Å². The summed E-state index contributed by atoms with van der Waals surface area (Å²) in [6.07, 6.45) is 2.43. The Balaban J connectivity index is 2.09. The van der Waals surface area contributed by atoms with Gasteiger partial charge in [-0.15, -0.1) is 0 Å². The predicted molar refractivity (Wildman–Crippen MR) is 63.2 cm³/mol. The van der Waals surface area contributed by atoms with E-state index in [9.17, 15) is 4.39 Å². The molecule has 0 spiro atoms. The van der Waals surface area contributed by atoms with E-state index in [1.54, 1.807) is 12.1 Å². The Morgan fingerprint density at radius 1 is 1.56 bits per heavy atom. The summed E-state index contributed by atoms with van der Waals surface area (Å²) in [5.41, 5.74) is 0.423. The van der Waals surface area contributed by atoms with Crippen LogP contribution in [-0.2, 0) is 0 Å². The van der Waals surface area contributed by atoms with E-state index in [1.807, 2.05) is 0 Å². The lowest BCUT2D eigenvalue weighted by Crippen LogP contribution is -2.23. The highest BCUT2D eigenvalue weighted by Crippen LogP contribution is 2.29. The third kappa shape index (κ3) is 2.81. The number of nitrogens with one attached hydrogen (secondary N) is 1. The van der Waals surface area contributed by atoms with Gasteiger partial charge in [0.2, 0.25) is 0 Å². The normalized spacial score (nSPS) is 16.8. The van der Waals surface area contributed by atoms with Gasteiger partial charge >= 0.3 is 0 Å². The van der Waals surface area contributed by atoms with Gasteiger partial charge < -0.3 is 0 Å². The van der Waals surface area contributed by atoms with Crippen LogP contribution < -0.4 is 5.32 Å². The lowest BCUT2D eigenvalue weighted by molar-refractivity contribution is 0.548. The second kappa shape index (κ2) is 4.94. The highest BCUT2D eigenvalue weighted by Gasteiger charge is 2.23.